The molecule has 2 atom stereocenters. The van der Waals surface area contributed by atoms with Crippen molar-refractivity contribution < 1.29 is 9.90 Å². The maximum absolute atomic E-state index is 11.5. The number of aliphatic carboxylic acids is 1. The summed E-state index contributed by atoms with van der Waals surface area (Å²) in [5.41, 5.74) is 0.263. The van der Waals surface area contributed by atoms with Crippen LogP contribution >= 0.6 is 11.8 Å². The average Bonchev–Trinajstić information content (AvgIpc) is 2.86. The van der Waals surface area contributed by atoms with Crippen LogP contribution in [-0.4, -0.2) is 38.2 Å². The Morgan fingerprint density at radius 2 is 2.47 bits per heavy atom. The molecular weight excluding hydrogens is 262 g/mol. The lowest BCUT2D eigenvalue weighted by molar-refractivity contribution is -0.144. The van der Waals surface area contributed by atoms with Gasteiger partial charge in [0, 0.05) is 12.3 Å². The van der Waals surface area contributed by atoms with Crippen LogP contribution in [0.2, 0.25) is 0 Å². The minimum absolute atomic E-state index is 0.338. The number of carbonyl (C=O) groups is 1. The van der Waals surface area contributed by atoms with E-state index in [0.29, 0.717) is 24.6 Å². The summed E-state index contributed by atoms with van der Waals surface area (Å²) in [5.74, 6) is -0.723. The molecule has 2 rings (SSSR count). The van der Waals surface area contributed by atoms with Gasteiger partial charge in [-0.15, -0.1) is 11.8 Å². The van der Waals surface area contributed by atoms with E-state index in [1.165, 1.54) is 0 Å². The van der Waals surface area contributed by atoms with Crippen LogP contribution in [0.25, 0.3) is 0 Å². The number of aromatic nitrogens is 2. The lowest BCUT2D eigenvalue weighted by Gasteiger charge is -2.25. The second kappa shape index (κ2) is 5.54. The predicted octanol–water partition coefficient (Wildman–Crippen LogP) is 1.81. The van der Waals surface area contributed by atoms with Crippen molar-refractivity contribution in [3.63, 3.8) is 0 Å². The van der Waals surface area contributed by atoms with Gasteiger partial charge in [0.1, 0.15) is 5.54 Å². The zero-order valence-corrected chi connectivity index (χ0v) is 12.5. The highest BCUT2D eigenvalue weighted by Gasteiger charge is 2.45. The molecule has 0 aromatic carbocycles. The van der Waals surface area contributed by atoms with Crippen LogP contribution in [0, 0.1) is 6.92 Å². The largest absolute Gasteiger partial charge is 0.480 e. The maximum atomic E-state index is 11.5. The average molecular weight is 283 g/mol. The lowest BCUT2D eigenvalue weighted by Crippen LogP contribution is -2.50. The molecule has 1 aromatic heterocycles. The number of rotatable bonds is 5. The summed E-state index contributed by atoms with van der Waals surface area (Å²) >= 11 is 1.74. The highest BCUT2D eigenvalue weighted by molar-refractivity contribution is 7.99. The van der Waals surface area contributed by atoms with E-state index >= 15 is 0 Å². The summed E-state index contributed by atoms with van der Waals surface area (Å²) in [4.78, 5) is 11.5. The minimum atomic E-state index is -0.736. The number of thioether (sulfide) groups is 1. The summed E-state index contributed by atoms with van der Waals surface area (Å²) in [6.45, 7) is 4.61. The van der Waals surface area contributed by atoms with E-state index in [1.54, 1.807) is 11.8 Å². The summed E-state index contributed by atoms with van der Waals surface area (Å²) < 4.78 is 1.87. The fraction of sp³-hybridized carbons (Fsp3) is 0.692. The van der Waals surface area contributed by atoms with Crippen LogP contribution in [0.4, 0.5) is 0 Å². The molecule has 1 heterocycles. The lowest BCUT2D eigenvalue weighted by atomic mass is 9.98. The Morgan fingerprint density at radius 1 is 1.74 bits per heavy atom. The van der Waals surface area contributed by atoms with Crippen LogP contribution < -0.4 is 5.32 Å². The molecule has 5 nitrogen and oxygen atoms in total. The van der Waals surface area contributed by atoms with Crippen molar-refractivity contribution in [2.45, 2.75) is 48.9 Å². The molecule has 6 heteroatoms. The quantitative estimate of drug-likeness (QED) is 0.862. The molecule has 0 amide bonds. The number of likely N-dealkylation sites (N-methyl/N-ethyl adjacent to an activating group) is 1. The van der Waals surface area contributed by atoms with E-state index in [9.17, 15) is 9.90 Å². The Balaban J connectivity index is 2.05. The van der Waals surface area contributed by atoms with Gasteiger partial charge in [-0.1, -0.05) is 6.92 Å². The molecule has 2 unspecified atom stereocenters. The molecule has 1 aliphatic carbocycles. The SMILES string of the molecule is CCNC1(C(=O)O)CCC(Sc2cc(C)nn2C)C1. The molecule has 0 spiro atoms. The smallest absolute Gasteiger partial charge is 0.323 e. The third-order valence-electron chi connectivity index (χ3n) is 3.64. The van der Waals surface area contributed by atoms with Crippen LogP contribution in [0.3, 0.4) is 0 Å². The van der Waals surface area contributed by atoms with Crippen molar-refractivity contribution in [3.8, 4) is 0 Å². The molecule has 1 fully saturated rings. The van der Waals surface area contributed by atoms with E-state index in [-0.39, 0.29) is 0 Å². The standard InChI is InChI=1S/C13H21N3O2S/c1-4-14-13(12(17)18)6-5-10(8-13)19-11-7-9(2)15-16(11)3/h7,10,14H,4-6,8H2,1-3H3,(H,17,18). The molecule has 0 aliphatic heterocycles. The summed E-state index contributed by atoms with van der Waals surface area (Å²) in [5, 5.41) is 18.4. The minimum Gasteiger partial charge on any atom is -0.480 e. The van der Waals surface area contributed by atoms with Gasteiger partial charge >= 0.3 is 5.97 Å². The topological polar surface area (TPSA) is 67.2 Å². The normalized spacial score (nSPS) is 26.8. The van der Waals surface area contributed by atoms with Gasteiger partial charge in [0.25, 0.3) is 0 Å². The highest BCUT2D eigenvalue weighted by Crippen LogP contribution is 2.40. The Bertz CT molecular complexity index is 474. The Hall–Kier alpha value is -1.01. The van der Waals surface area contributed by atoms with Crippen molar-refractivity contribution >= 4 is 17.7 Å². The first kappa shape index (κ1) is 14.4. The van der Waals surface area contributed by atoms with Gasteiger partial charge < -0.3 is 10.4 Å². The Labute approximate surface area is 117 Å². The zero-order valence-electron chi connectivity index (χ0n) is 11.6. The molecule has 1 aliphatic rings. The maximum Gasteiger partial charge on any atom is 0.323 e. The van der Waals surface area contributed by atoms with E-state index in [2.05, 4.69) is 16.5 Å². The fourth-order valence-corrected chi connectivity index (χ4v) is 4.11. The van der Waals surface area contributed by atoms with Crippen molar-refractivity contribution in [2.75, 3.05) is 6.54 Å². The van der Waals surface area contributed by atoms with E-state index in [4.69, 9.17) is 0 Å². The second-order valence-corrected chi connectivity index (χ2v) is 6.47. The van der Waals surface area contributed by atoms with Gasteiger partial charge in [0.15, 0.2) is 0 Å². The van der Waals surface area contributed by atoms with Crippen LogP contribution in [0.5, 0.6) is 0 Å². The predicted molar refractivity (Wildman–Crippen MR) is 75.5 cm³/mol. The van der Waals surface area contributed by atoms with E-state index < -0.39 is 11.5 Å². The number of hydrogen-bond acceptors (Lipinski definition) is 4. The highest BCUT2D eigenvalue weighted by atomic mass is 32.2. The Kier molecular flexibility index (Phi) is 4.20. The number of carboxylic acid groups (broad SMARTS) is 1. The molecule has 0 saturated heterocycles. The van der Waals surface area contributed by atoms with Crippen molar-refractivity contribution in [2.24, 2.45) is 7.05 Å². The van der Waals surface area contributed by atoms with Gasteiger partial charge in [-0.05, 0) is 38.8 Å². The molecule has 19 heavy (non-hydrogen) atoms. The fourth-order valence-electron chi connectivity index (χ4n) is 2.74. The van der Waals surface area contributed by atoms with Crippen molar-refractivity contribution in [1.82, 2.24) is 15.1 Å². The molecule has 106 valence electrons. The van der Waals surface area contributed by atoms with Crippen molar-refractivity contribution in [3.05, 3.63) is 11.8 Å². The van der Waals surface area contributed by atoms with Gasteiger partial charge in [-0.3, -0.25) is 9.48 Å². The Morgan fingerprint density at radius 3 is 3.00 bits per heavy atom. The third kappa shape index (κ3) is 2.95. The monoisotopic (exact) mass is 283 g/mol. The van der Waals surface area contributed by atoms with Crippen LogP contribution in [0.15, 0.2) is 11.1 Å². The summed E-state index contributed by atoms with van der Waals surface area (Å²) in [6, 6.07) is 2.05. The first-order valence-electron chi connectivity index (χ1n) is 6.62. The summed E-state index contributed by atoms with van der Waals surface area (Å²) in [6.07, 6.45) is 2.30. The third-order valence-corrected chi connectivity index (χ3v) is 5.00. The molecular formula is C13H21N3O2S. The summed E-state index contributed by atoms with van der Waals surface area (Å²) in [7, 11) is 1.93. The van der Waals surface area contributed by atoms with Crippen molar-refractivity contribution in [1.29, 1.82) is 0 Å². The number of carboxylic acids is 1. The first-order valence-corrected chi connectivity index (χ1v) is 7.50. The van der Waals surface area contributed by atoms with Gasteiger partial charge in [-0.2, -0.15) is 5.10 Å². The van der Waals surface area contributed by atoms with E-state index in [1.807, 2.05) is 25.6 Å². The molecule has 0 radical (unpaired) electrons. The van der Waals surface area contributed by atoms with Gasteiger partial charge in [0.05, 0.1) is 10.7 Å². The number of hydrogen-bond donors (Lipinski definition) is 2. The van der Waals surface area contributed by atoms with Crippen LogP contribution in [-0.2, 0) is 11.8 Å². The molecule has 1 aromatic rings. The molecule has 0 bridgehead atoms. The first-order chi connectivity index (χ1) is 8.97. The van der Waals surface area contributed by atoms with E-state index in [0.717, 1.165) is 17.1 Å². The van der Waals surface area contributed by atoms with Crippen LogP contribution in [0.1, 0.15) is 31.9 Å². The molecule has 2 N–H and O–H groups in total. The van der Waals surface area contributed by atoms with Gasteiger partial charge in [0.2, 0.25) is 0 Å². The number of nitrogens with one attached hydrogen (secondary N) is 1. The second-order valence-electron chi connectivity index (χ2n) is 5.15. The zero-order chi connectivity index (χ0) is 14.0. The number of nitrogens with zero attached hydrogens (tertiary/aromatic N) is 2. The van der Waals surface area contributed by atoms with Gasteiger partial charge in [-0.25, -0.2) is 0 Å². The number of aryl methyl sites for hydroxylation is 2. The molecule has 1 saturated carbocycles.